The van der Waals surface area contributed by atoms with E-state index >= 15 is 0 Å². The lowest BCUT2D eigenvalue weighted by molar-refractivity contribution is -0.489. The van der Waals surface area contributed by atoms with Gasteiger partial charge in [0.05, 0.1) is 19.1 Å². The largest absolute Gasteiger partial charge is 0.378 e. The molecule has 0 bridgehead atoms. The Bertz CT molecular complexity index is 406. The van der Waals surface area contributed by atoms with Crippen molar-refractivity contribution in [3.8, 4) is 0 Å². The van der Waals surface area contributed by atoms with Crippen LogP contribution < -0.4 is 0 Å². The summed E-state index contributed by atoms with van der Waals surface area (Å²) in [5.74, 6) is -0.707. The van der Waals surface area contributed by atoms with Gasteiger partial charge >= 0.3 is 0 Å². The molecule has 0 unspecified atom stereocenters. The van der Waals surface area contributed by atoms with Crippen molar-refractivity contribution in [3.05, 3.63) is 21.9 Å². The van der Waals surface area contributed by atoms with E-state index < -0.39 is 14.6 Å². The molecule has 0 radical (unpaired) electrons. The van der Waals surface area contributed by atoms with Crippen LogP contribution in [0.3, 0.4) is 0 Å². The molecule has 2 aliphatic rings. The van der Waals surface area contributed by atoms with E-state index in [2.05, 4.69) is 11.0 Å². The van der Waals surface area contributed by atoms with Crippen LogP contribution in [0.2, 0.25) is 0 Å². The third kappa shape index (κ3) is 4.62. The fourth-order valence-electron chi connectivity index (χ4n) is 3.10. The molecule has 0 N–H and O–H groups in total. The SMILES string of the molecule is O=[N+]([O-])C[C@@H]([C@H]1CCCC=C1N1CCOCC1)C(Cl)(Cl)Cl. The molecule has 21 heavy (non-hydrogen) atoms. The smallest absolute Gasteiger partial charge is 0.211 e. The Morgan fingerprint density at radius 3 is 2.67 bits per heavy atom. The van der Waals surface area contributed by atoms with Gasteiger partial charge in [0.1, 0.15) is 0 Å². The van der Waals surface area contributed by atoms with Gasteiger partial charge in [0, 0.05) is 29.6 Å². The van der Waals surface area contributed by atoms with Crippen LogP contribution in [0.25, 0.3) is 0 Å². The fraction of sp³-hybridized carbons (Fsp3) is 0.846. The molecular weight excluding hydrogens is 339 g/mol. The monoisotopic (exact) mass is 356 g/mol. The van der Waals surface area contributed by atoms with Gasteiger partial charge in [-0.3, -0.25) is 10.1 Å². The second kappa shape index (κ2) is 7.36. The number of rotatable bonds is 4. The van der Waals surface area contributed by atoms with Gasteiger partial charge in [0.15, 0.2) is 3.79 Å². The predicted molar refractivity (Wildman–Crippen MR) is 83.5 cm³/mol. The van der Waals surface area contributed by atoms with Crippen LogP contribution in [0.4, 0.5) is 0 Å². The average Bonchev–Trinajstić information content (AvgIpc) is 2.44. The van der Waals surface area contributed by atoms with Crippen molar-refractivity contribution in [2.45, 2.75) is 23.1 Å². The average molecular weight is 358 g/mol. The van der Waals surface area contributed by atoms with Crippen molar-refractivity contribution >= 4 is 34.8 Å². The maximum absolute atomic E-state index is 11.0. The molecule has 1 aliphatic heterocycles. The summed E-state index contributed by atoms with van der Waals surface area (Å²) in [6.45, 7) is 2.57. The van der Waals surface area contributed by atoms with Crippen molar-refractivity contribution in [1.29, 1.82) is 0 Å². The zero-order valence-electron chi connectivity index (χ0n) is 11.6. The molecule has 8 heteroatoms. The van der Waals surface area contributed by atoms with Crippen LogP contribution >= 0.6 is 34.8 Å². The van der Waals surface area contributed by atoms with E-state index in [-0.39, 0.29) is 12.5 Å². The van der Waals surface area contributed by atoms with Crippen molar-refractivity contribution < 1.29 is 9.66 Å². The van der Waals surface area contributed by atoms with Crippen molar-refractivity contribution in [1.82, 2.24) is 4.90 Å². The van der Waals surface area contributed by atoms with Gasteiger partial charge in [0.25, 0.3) is 0 Å². The first-order valence-corrected chi connectivity index (χ1v) is 8.24. The Morgan fingerprint density at radius 1 is 1.43 bits per heavy atom. The lowest BCUT2D eigenvalue weighted by Crippen LogP contribution is -2.43. The molecule has 2 atom stereocenters. The molecule has 0 aromatic heterocycles. The number of ether oxygens (including phenoxy) is 1. The first kappa shape index (κ1) is 17.1. The topological polar surface area (TPSA) is 55.6 Å². The Balaban J connectivity index is 2.21. The van der Waals surface area contributed by atoms with Crippen LogP contribution in [-0.2, 0) is 4.74 Å². The van der Waals surface area contributed by atoms with E-state index in [9.17, 15) is 10.1 Å². The number of alkyl halides is 3. The number of hydrogen-bond acceptors (Lipinski definition) is 4. The number of allylic oxidation sites excluding steroid dienone is 2. The third-order valence-corrected chi connectivity index (χ3v) is 4.92. The number of morpholine rings is 1. The maximum Gasteiger partial charge on any atom is 0.211 e. The lowest BCUT2D eigenvalue weighted by atomic mass is 9.81. The minimum absolute atomic E-state index is 0.0882. The number of hydrogen-bond donors (Lipinski definition) is 0. The van der Waals surface area contributed by atoms with Gasteiger partial charge in [-0.25, -0.2) is 0 Å². The molecule has 5 nitrogen and oxygen atoms in total. The molecule has 1 saturated heterocycles. The van der Waals surface area contributed by atoms with Crippen LogP contribution in [0.15, 0.2) is 11.8 Å². The molecule has 1 heterocycles. The first-order chi connectivity index (χ1) is 9.89. The zero-order valence-corrected chi connectivity index (χ0v) is 13.9. The number of nitro groups is 1. The summed E-state index contributed by atoms with van der Waals surface area (Å²) in [4.78, 5) is 12.8. The van der Waals surface area contributed by atoms with E-state index in [0.29, 0.717) is 13.2 Å². The highest BCUT2D eigenvalue weighted by molar-refractivity contribution is 6.67. The van der Waals surface area contributed by atoms with Crippen LogP contribution in [0.1, 0.15) is 19.3 Å². The summed E-state index contributed by atoms with van der Waals surface area (Å²) in [6.07, 6.45) is 4.89. The predicted octanol–water partition coefficient (Wildman–Crippen LogP) is 3.27. The van der Waals surface area contributed by atoms with Gasteiger partial charge in [-0.2, -0.15) is 0 Å². The summed E-state index contributed by atoms with van der Waals surface area (Å²) in [5.41, 5.74) is 1.09. The molecule has 2 rings (SSSR count). The minimum atomic E-state index is -1.64. The van der Waals surface area contributed by atoms with Crippen LogP contribution in [-0.4, -0.2) is 46.5 Å². The van der Waals surface area contributed by atoms with E-state index in [4.69, 9.17) is 39.5 Å². The number of halogens is 3. The van der Waals surface area contributed by atoms with E-state index in [1.54, 1.807) is 0 Å². The molecule has 0 saturated carbocycles. The summed E-state index contributed by atoms with van der Waals surface area (Å²) in [5, 5.41) is 11.0. The second-order valence-corrected chi connectivity index (χ2v) is 7.80. The van der Waals surface area contributed by atoms with E-state index in [1.807, 2.05) is 0 Å². The Hall–Kier alpha value is -0.230. The van der Waals surface area contributed by atoms with Crippen LogP contribution in [0, 0.1) is 22.0 Å². The van der Waals surface area contributed by atoms with Crippen molar-refractivity contribution in [3.63, 3.8) is 0 Å². The number of nitrogens with zero attached hydrogens (tertiary/aromatic N) is 2. The summed E-state index contributed by atoms with van der Waals surface area (Å²) >= 11 is 18.1. The van der Waals surface area contributed by atoms with Gasteiger partial charge in [-0.15, -0.1) is 0 Å². The van der Waals surface area contributed by atoms with Gasteiger partial charge in [-0.1, -0.05) is 40.9 Å². The Morgan fingerprint density at radius 2 is 2.10 bits per heavy atom. The van der Waals surface area contributed by atoms with Crippen molar-refractivity contribution in [2.75, 3.05) is 32.8 Å². The molecule has 0 amide bonds. The fourth-order valence-corrected chi connectivity index (χ4v) is 3.76. The lowest BCUT2D eigenvalue weighted by Gasteiger charge is -2.40. The maximum atomic E-state index is 11.0. The van der Waals surface area contributed by atoms with Crippen LogP contribution in [0.5, 0.6) is 0 Å². The highest BCUT2D eigenvalue weighted by Crippen LogP contribution is 2.45. The normalized spacial score (nSPS) is 25.4. The molecule has 0 aromatic rings. The summed E-state index contributed by atoms with van der Waals surface area (Å²) in [6, 6.07) is 0. The van der Waals surface area contributed by atoms with Gasteiger partial charge < -0.3 is 9.64 Å². The Labute approximate surface area is 139 Å². The molecule has 1 fully saturated rings. The van der Waals surface area contributed by atoms with Gasteiger partial charge in [-0.05, 0) is 19.3 Å². The van der Waals surface area contributed by atoms with Gasteiger partial charge in [0.2, 0.25) is 6.54 Å². The van der Waals surface area contributed by atoms with Crippen molar-refractivity contribution in [2.24, 2.45) is 11.8 Å². The summed E-state index contributed by atoms with van der Waals surface area (Å²) in [7, 11) is 0. The first-order valence-electron chi connectivity index (χ1n) is 7.11. The molecule has 120 valence electrons. The zero-order chi connectivity index (χ0) is 15.5. The molecule has 1 aliphatic carbocycles. The molecular formula is C13H19Cl3N2O3. The van der Waals surface area contributed by atoms with E-state index in [1.165, 1.54) is 0 Å². The molecule has 0 spiro atoms. The quantitative estimate of drug-likeness (QED) is 0.440. The minimum Gasteiger partial charge on any atom is -0.378 e. The highest BCUT2D eigenvalue weighted by Gasteiger charge is 2.45. The standard InChI is InChI=1S/C13H19Cl3N2O3/c14-13(15,16)11(9-18(19)20)10-3-1-2-4-12(10)17-5-7-21-8-6-17/h4,10-11H,1-3,5-9H2/t10-,11+/m1/s1. The second-order valence-electron chi connectivity index (χ2n) is 5.43. The molecule has 0 aromatic carbocycles. The Kier molecular flexibility index (Phi) is 6.00. The summed E-state index contributed by atoms with van der Waals surface area (Å²) < 4.78 is 3.72. The van der Waals surface area contributed by atoms with E-state index in [0.717, 1.165) is 38.0 Å². The third-order valence-electron chi connectivity index (χ3n) is 4.08. The highest BCUT2D eigenvalue weighted by atomic mass is 35.6.